The van der Waals surface area contributed by atoms with Crippen molar-refractivity contribution in [2.75, 3.05) is 0 Å². The normalized spacial score (nSPS) is 37.1. The molecule has 14 rings (SSSR count). The van der Waals surface area contributed by atoms with E-state index in [1.165, 1.54) is 89.0 Å². The van der Waals surface area contributed by atoms with Crippen molar-refractivity contribution < 1.29 is 90.0 Å². The van der Waals surface area contributed by atoms with E-state index in [1.54, 1.807) is 34.9 Å². The zero-order valence-corrected chi connectivity index (χ0v) is 54.1. The van der Waals surface area contributed by atoms with Crippen LogP contribution in [0, 0.1) is 58.2 Å². The maximum atomic E-state index is 11.7. The quantitative estimate of drug-likeness (QED) is 0.218. The minimum atomic E-state index is -3.79. The number of rotatable bonds is 2. The molecular weight excluding hydrogens is 1190 g/mol. The van der Waals surface area contributed by atoms with Gasteiger partial charge >= 0.3 is 50.7 Å². The molecule has 0 aromatic rings. The van der Waals surface area contributed by atoms with Crippen molar-refractivity contribution in [2.45, 2.75) is 277 Å². The Labute approximate surface area is 533 Å². The fraction of sp³-hybridized carbons (Fsp3) is 0.736. The Morgan fingerprint density at radius 3 is 1.40 bits per heavy atom. The predicted molar refractivity (Wildman–Crippen MR) is 327 cm³/mol. The topological polar surface area (TPSA) is 248 Å². The molecule has 6 unspecified atom stereocenters. The van der Waals surface area contributed by atoms with Crippen LogP contribution in [-0.2, 0) is 74.7 Å². The first-order valence-corrected chi connectivity index (χ1v) is 36.1. The summed E-state index contributed by atoms with van der Waals surface area (Å²) in [4.78, 5) is 56.7. The van der Waals surface area contributed by atoms with Crippen molar-refractivity contribution >= 4 is 28.9 Å². The molecule has 7 fully saturated rings. The number of hydrogen-bond donors (Lipinski definition) is 3. The first-order valence-electron chi connectivity index (χ1n) is 33.0. The van der Waals surface area contributed by atoms with Gasteiger partial charge < -0.3 is 15.3 Å². The van der Waals surface area contributed by atoms with Gasteiger partial charge in [-0.25, -0.2) is 0 Å². The molecule has 0 radical (unpaired) electrons. The second-order valence-electron chi connectivity index (χ2n) is 28.5. The summed E-state index contributed by atoms with van der Waals surface area (Å²) in [5.41, 5.74) is 8.45. The number of carbonyl (C=O) groups is 5. The molecule has 0 saturated heterocycles. The van der Waals surface area contributed by atoms with Crippen LogP contribution in [-0.4, -0.2) is 61.0 Å². The molecule has 0 heterocycles. The summed E-state index contributed by atoms with van der Waals surface area (Å²) in [5.74, 6) is 7.32. The van der Waals surface area contributed by atoms with Crippen molar-refractivity contribution in [2.24, 2.45) is 58.2 Å². The van der Waals surface area contributed by atoms with Crippen LogP contribution >= 0.6 is 0 Å². The van der Waals surface area contributed by atoms with E-state index in [9.17, 15) is 39.3 Å². The summed E-state index contributed by atoms with van der Waals surface area (Å²) in [6, 6.07) is 0. The van der Waals surface area contributed by atoms with Gasteiger partial charge in [0.1, 0.15) is 11.6 Å². The van der Waals surface area contributed by atoms with Crippen LogP contribution < -0.4 is 0 Å². The van der Waals surface area contributed by atoms with Gasteiger partial charge in [0, 0.05) is 44.9 Å². The van der Waals surface area contributed by atoms with Gasteiger partial charge in [0.25, 0.3) is 0 Å². The average molecular weight is 1300 g/mol. The molecule has 0 aromatic carbocycles. The molecule has 0 bridgehead atoms. The third-order valence-corrected chi connectivity index (χ3v) is 24.2. The van der Waals surface area contributed by atoms with Gasteiger partial charge in [-0.2, -0.15) is 0 Å². The van der Waals surface area contributed by atoms with Crippen LogP contribution in [0.5, 0.6) is 0 Å². The van der Waals surface area contributed by atoms with Crippen LogP contribution in [0.1, 0.15) is 260 Å². The summed E-state index contributed by atoms with van der Waals surface area (Å²) in [6.45, 7) is 13.2. The fourth-order valence-electron chi connectivity index (χ4n) is 19.7. The Morgan fingerprint density at radius 1 is 0.420 bits per heavy atom. The molecule has 0 aliphatic heterocycles. The molecule has 13 atom stereocenters. The van der Waals surface area contributed by atoms with Crippen molar-refractivity contribution in [3.05, 3.63) is 82.5 Å². The van der Waals surface area contributed by atoms with E-state index in [2.05, 4.69) is 39.2 Å². The summed E-state index contributed by atoms with van der Waals surface area (Å²) in [5, 5.41) is 31.6. The number of hydrogen-bond acceptors (Lipinski definition) is 14. The van der Waals surface area contributed by atoms with Gasteiger partial charge in [0.15, 0.2) is 17.3 Å². The van der Waals surface area contributed by atoms with Gasteiger partial charge in [0.2, 0.25) is 0 Å². The third kappa shape index (κ3) is 16.9. The first kappa shape index (κ1) is 73.3. The van der Waals surface area contributed by atoms with Crippen molar-refractivity contribution in [1.82, 2.24) is 0 Å². The van der Waals surface area contributed by atoms with Gasteiger partial charge in [0.05, 0.1) is 16.8 Å². The van der Waals surface area contributed by atoms with Gasteiger partial charge in [-0.1, -0.05) is 63.1 Å². The van der Waals surface area contributed by atoms with E-state index >= 15 is 0 Å². The molecule has 0 amide bonds. The van der Waals surface area contributed by atoms with Crippen LogP contribution in [0.4, 0.5) is 0 Å². The van der Waals surface area contributed by atoms with Crippen LogP contribution in [0.25, 0.3) is 0 Å². The minimum absolute atomic E-state index is 0. The van der Waals surface area contributed by atoms with Crippen LogP contribution in [0.3, 0.4) is 0 Å². The number of aliphatic hydroxyl groups is 3. The molecule has 3 N–H and O–H groups in total. The molecule has 7 saturated carbocycles. The molecule has 14 nitrogen and oxygen atoms in total. The molecule has 16 heteroatoms. The van der Waals surface area contributed by atoms with Crippen LogP contribution in [0.15, 0.2) is 82.5 Å². The van der Waals surface area contributed by atoms with Crippen molar-refractivity contribution in [1.29, 1.82) is 0 Å². The van der Waals surface area contributed by atoms with E-state index < -0.39 is 44.7 Å². The van der Waals surface area contributed by atoms with E-state index in [-0.39, 0.29) is 32.2 Å². The SMILES string of the molecule is C.C.C=C[C@H]1CCC2C3CCC4=C(CCC(=O)C4)C3CC[C@@]21C.C=C[C@H]1CCC2C3CCC4=CC(=O)CC[C@]4(O)C3CC[C@@]21C.O=C1C=C2CCCC[C@@]2(O)CC1.O=C1C=C2CCCC[C@@]2(O)CC1.O=C1CCC2=C(CCCC2)C1.[O]=[Cr](=[O])=[O].[O]=[Cr](=[O])=[O]. The van der Waals surface area contributed by atoms with E-state index in [0.29, 0.717) is 78.7 Å². The summed E-state index contributed by atoms with van der Waals surface area (Å²) >= 11 is -7.58. The zero-order valence-electron chi connectivity index (χ0n) is 51.5. The Balaban J connectivity index is 0.000000174. The number of allylic oxidation sites excluding steroid dienone is 8. The second-order valence-corrected chi connectivity index (χ2v) is 29.7. The summed E-state index contributed by atoms with van der Waals surface area (Å²) in [7, 11) is 0. The number of ketones is 5. The Hall–Kier alpha value is -3.73. The van der Waals surface area contributed by atoms with E-state index in [1.807, 2.05) is 0 Å². The van der Waals surface area contributed by atoms with Crippen molar-refractivity contribution in [3.8, 4) is 0 Å². The van der Waals surface area contributed by atoms with Gasteiger partial charge in [-0.3, -0.25) is 24.0 Å². The average Bonchev–Trinajstić information content (AvgIpc) is 1.39. The molecule has 0 spiro atoms. The summed E-state index contributed by atoms with van der Waals surface area (Å²) in [6.07, 6.45) is 46.7. The van der Waals surface area contributed by atoms with Crippen LogP contribution in [0.2, 0.25) is 0 Å². The maximum absolute atomic E-state index is 11.7. The third-order valence-electron chi connectivity index (χ3n) is 24.2. The van der Waals surface area contributed by atoms with Gasteiger partial charge in [-0.05, 0) is 279 Å². The molecular formula is C72H106Cr2O14. The Bertz CT molecular complexity index is 2930. The Morgan fingerprint density at radius 2 is 0.864 bits per heavy atom. The molecule has 490 valence electrons. The standard InChI is InChI=1S/C20H28O2.C20H28O.2C10H14O2.C10H14O.2CH4.2Cr.6O/c1-3-13-5-7-17-16-6-4-14-12-15(21)8-11-20(14,22)18(16)9-10-19(13,17)2;1-3-14-5-9-19-18-7-4-13-12-15(21)6-8-16(13)17(18)10-11-20(14,19)2;2*11-9-4-6-10(12)5-2-1-3-8(10)7-9;11-10-6-5-8-3-1-2-4-9(8)7-10;;;;;;;;;;/h3,12-13,16-18,22H,1,4-11H2,2H3;3,14,17-19H,1,4-12H2,2H3;2*7,12H,1-6H2;1-7H2;2*1H4;;;;;;;;/t13-,16?,17?,18?,19+,20+;14-,17?,18?,19?,20+;2*10-;;;;;;;;;;;/m0011.........../s1. The number of carbonyl (C=O) groups excluding carboxylic acids is 5. The first-order chi connectivity index (χ1) is 40.9. The molecule has 88 heavy (non-hydrogen) atoms. The van der Waals surface area contributed by atoms with Crippen molar-refractivity contribution in [3.63, 3.8) is 0 Å². The molecule has 14 aliphatic rings. The molecule has 0 aromatic heterocycles. The van der Waals surface area contributed by atoms with E-state index in [4.69, 9.17) is 22.8 Å². The predicted octanol–water partition coefficient (Wildman–Crippen LogP) is 15.4. The Kier molecular flexibility index (Phi) is 26.4. The zero-order chi connectivity index (χ0) is 62.2. The number of Topliss-reactive ketones (excluding diaryl/α,β-unsaturated/α-hetero) is 2. The second kappa shape index (κ2) is 31.7. The monoisotopic (exact) mass is 1300 g/mol. The summed E-state index contributed by atoms with van der Waals surface area (Å²) < 4.78 is 51.2. The molecule has 14 aliphatic carbocycles. The fourth-order valence-corrected chi connectivity index (χ4v) is 19.7. The van der Waals surface area contributed by atoms with Gasteiger partial charge in [-0.15, -0.1) is 13.2 Å². The van der Waals surface area contributed by atoms with E-state index in [0.717, 1.165) is 155 Å². The number of fused-ring (bicyclic) bond motifs is 11.